The molecule has 2 aromatic heterocycles. The van der Waals surface area contributed by atoms with E-state index < -0.39 is 0 Å². The van der Waals surface area contributed by atoms with Gasteiger partial charge in [-0.1, -0.05) is 50.2 Å². The molecule has 0 aliphatic rings. The molecule has 2 heterocycles. The number of hydrogen-bond acceptors (Lipinski definition) is 5. The Hall–Kier alpha value is -3.32. The Labute approximate surface area is 207 Å². The summed E-state index contributed by atoms with van der Waals surface area (Å²) in [6, 6.07) is 16.5. The smallest absolute Gasteiger partial charge is 0.252 e. The first-order chi connectivity index (χ1) is 16.5. The van der Waals surface area contributed by atoms with Crippen LogP contribution >= 0.6 is 0 Å². The van der Waals surface area contributed by atoms with Crippen LogP contribution < -0.4 is 5.56 Å². The van der Waals surface area contributed by atoms with E-state index in [0.29, 0.717) is 13.1 Å². The van der Waals surface area contributed by atoms with Crippen LogP contribution in [-0.2, 0) is 18.6 Å². The third-order valence-electron chi connectivity index (χ3n) is 6.41. The monoisotopic (exact) mass is 472 g/mol. The maximum atomic E-state index is 13.2. The highest BCUT2D eigenvalue weighted by Gasteiger charge is 2.33. The first-order valence-electron chi connectivity index (χ1n) is 12.2. The van der Waals surface area contributed by atoms with Crippen molar-refractivity contribution in [3.8, 4) is 0 Å². The predicted octanol–water partition coefficient (Wildman–Crippen LogP) is 5.29. The number of aromatic amines is 1. The van der Waals surface area contributed by atoms with Crippen molar-refractivity contribution in [2.75, 3.05) is 0 Å². The molecule has 0 aliphatic heterocycles. The Bertz CT molecular complexity index is 1360. The molecule has 1 atom stereocenters. The fourth-order valence-corrected chi connectivity index (χ4v) is 4.86. The second kappa shape index (κ2) is 9.74. The van der Waals surface area contributed by atoms with Gasteiger partial charge in [-0.05, 0) is 79.8 Å². The number of aromatic nitrogens is 5. The van der Waals surface area contributed by atoms with Crippen LogP contribution in [0.1, 0.15) is 68.7 Å². The molecule has 0 amide bonds. The minimum atomic E-state index is -0.264. The largest absolute Gasteiger partial charge is 0.322 e. The van der Waals surface area contributed by atoms with Gasteiger partial charge >= 0.3 is 0 Å². The van der Waals surface area contributed by atoms with Crippen LogP contribution in [-0.4, -0.2) is 30.1 Å². The lowest BCUT2D eigenvalue weighted by Crippen LogP contribution is -2.37. The van der Waals surface area contributed by atoms with Crippen molar-refractivity contribution in [2.24, 2.45) is 5.92 Å². The number of aryl methyl sites for hydroxylation is 2. The van der Waals surface area contributed by atoms with E-state index in [1.807, 2.05) is 41.9 Å². The lowest BCUT2D eigenvalue weighted by atomic mass is 9.98. The summed E-state index contributed by atoms with van der Waals surface area (Å²) in [5.41, 5.74) is 4.76. The molecular formula is C28H36N6O. The molecular weight excluding hydrogens is 436 g/mol. The molecule has 0 bridgehead atoms. The maximum Gasteiger partial charge on any atom is 0.252 e. The zero-order valence-corrected chi connectivity index (χ0v) is 21.8. The number of benzene rings is 2. The average molecular weight is 473 g/mol. The van der Waals surface area contributed by atoms with Crippen LogP contribution in [0.3, 0.4) is 0 Å². The van der Waals surface area contributed by atoms with Gasteiger partial charge in [0.1, 0.15) is 0 Å². The molecule has 0 unspecified atom stereocenters. The number of tetrazole rings is 1. The summed E-state index contributed by atoms with van der Waals surface area (Å²) in [5.74, 6) is 1.03. The number of nitrogens with zero attached hydrogens (tertiary/aromatic N) is 5. The highest BCUT2D eigenvalue weighted by atomic mass is 16.1. The van der Waals surface area contributed by atoms with E-state index in [1.165, 1.54) is 5.56 Å². The Balaban J connectivity index is 1.82. The third-order valence-corrected chi connectivity index (χ3v) is 6.41. The van der Waals surface area contributed by atoms with Crippen molar-refractivity contribution in [3.63, 3.8) is 0 Å². The molecule has 7 heteroatoms. The van der Waals surface area contributed by atoms with Gasteiger partial charge in [0.2, 0.25) is 0 Å². The van der Waals surface area contributed by atoms with Crippen molar-refractivity contribution >= 4 is 10.9 Å². The van der Waals surface area contributed by atoms with Gasteiger partial charge in [-0.3, -0.25) is 9.69 Å². The third kappa shape index (κ3) is 5.35. The normalized spacial score (nSPS) is 13.2. The highest BCUT2D eigenvalue weighted by Crippen LogP contribution is 2.32. The standard InChI is InChI=1S/C28H36N6O/c1-18(2)25(26-30-31-32-34(26)28(5,6)7)33(16-21-11-9-8-10-12-21)17-22-15-23-20(4)13-19(3)14-24(23)29-27(22)35/h8-15,18,25H,16-17H2,1-7H3,(H,29,35)/t25-/m0/s1. The lowest BCUT2D eigenvalue weighted by Gasteiger charge is -2.35. The molecule has 0 radical (unpaired) electrons. The summed E-state index contributed by atoms with van der Waals surface area (Å²) in [6.45, 7) is 16.0. The summed E-state index contributed by atoms with van der Waals surface area (Å²) in [5, 5.41) is 13.9. The molecule has 0 saturated heterocycles. The van der Waals surface area contributed by atoms with Crippen molar-refractivity contribution < 1.29 is 0 Å². The molecule has 0 spiro atoms. The van der Waals surface area contributed by atoms with Gasteiger partial charge in [0.15, 0.2) is 5.82 Å². The summed E-state index contributed by atoms with van der Waals surface area (Å²) < 4.78 is 1.91. The van der Waals surface area contributed by atoms with Crippen molar-refractivity contribution in [1.82, 2.24) is 30.1 Å². The Morgan fingerprint density at radius 2 is 1.74 bits per heavy atom. The first kappa shape index (κ1) is 24.8. The van der Waals surface area contributed by atoms with E-state index in [9.17, 15) is 4.79 Å². The topological polar surface area (TPSA) is 79.7 Å². The number of rotatable bonds is 7. The van der Waals surface area contributed by atoms with Gasteiger partial charge in [-0.2, -0.15) is 0 Å². The minimum Gasteiger partial charge on any atom is -0.322 e. The van der Waals surface area contributed by atoms with Crippen LogP contribution in [0, 0.1) is 19.8 Å². The van der Waals surface area contributed by atoms with Crippen LogP contribution in [0.4, 0.5) is 0 Å². The van der Waals surface area contributed by atoms with E-state index in [-0.39, 0.29) is 23.1 Å². The fraction of sp³-hybridized carbons (Fsp3) is 0.429. The van der Waals surface area contributed by atoms with Crippen LogP contribution in [0.2, 0.25) is 0 Å². The van der Waals surface area contributed by atoms with E-state index in [1.54, 1.807) is 0 Å². The molecule has 7 nitrogen and oxygen atoms in total. The summed E-state index contributed by atoms with van der Waals surface area (Å²) >= 11 is 0. The van der Waals surface area contributed by atoms with Crippen LogP contribution in [0.15, 0.2) is 53.3 Å². The molecule has 4 aromatic rings. The minimum absolute atomic E-state index is 0.0570. The number of fused-ring (bicyclic) bond motifs is 1. The zero-order valence-electron chi connectivity index (χ0n) is 21.8. The molecule has 35 heavy (non-hydrogen) atoms. The zero-order chi connectivity index (χ0) is 25.3. The van der Waals surface area contributed by atoms with E-state index >= 15 is 0 Å². The van der Waals surface area contributed by atoms with Gasteiger partial charge in [0.25, 0.3) is 5.56 Å². The number of nitrogens with one attached hydrogen (secondary N) is 1. The van der Waals surface area contributed by atoms with Gasteiger partial charge in [-0.25, -0.2) is 4.68 Å². The Morgan fingerprint density at radius 3 is 2.40 bits per heavy atom. The molecule has 0 saturated carbocycles. The Morgan fingerprint density at radius 1 is 1.03 bits per heavy atom. The number of hydrogen-bond donors (Lipinski definition) is 1. The summed E-state index contributed by atoms with van der Waals surface area (Å²) in [7, 11) is 0. The van der Waals surface area contributed by atoms with Gasteiger partial charge in [-0.15, -0.1) is 5.10 Å². The fourth-order valence-electron chi connectivity index (χ4n) is 4.86. The predicted molar refractivity (Wildman–Crippen MR) is 140 cm³/mol. The van der Waals surface area contributed by atoms with Crippen molar-refractivity contribution in [2.45, 2.75) is 73.1 Å². The molecule has 4 rings (SSSR count). The quantitative estimate of drug-likeness (QED) is 0.396. The highest BCUT2D eigenvalue weighted by molar-refractivity contribution is 5.83. The molecule has 0 aliphatic carbocycles. The Kier molecular flexibility index (Phi) is 6.90. The van der Waals surface area contributed by atoms with Crippen LogP contribution in [0.5, 0.6) is 0 Å². The van der Waals surface area contributed by atoms with E-state index in [2.05, 4.69) is 85.2 Å². The van der Waals surface area contributed by atoms with E-state index in [4.69, 9.17) is 0 Å². The molecule has 1 N–H and O–H groups in total. The lowest BCUT2D eigenvalue weighted by molar-refractivity contribution is 0.120. The summed E-state index contributed by atoms with van der Waals surface area (Å²) in [4.78, 5) is 18.7. The average Bonchev–Trinajstić information content (AvgIpc) is 3.25. The van der Waals surface area contributed by atoms with Gasteiger partial charge < -0.3 is 4.98 Å². The van der Waals surface area contributed by atoms with Crippen molar-refractivity contribution in [1.29, 1.82) is 0 Å². The van der Waals surface area contributed by atoms with Crippen LogP contribution in [0.25, 0.3) is 10.9 Å². The number of H-pyrrole nitrogens is 1. The van der Waals surface area contributed by atoms with E-state index in [0.717, 1.165) is 33.4 Å². The SMILES string of the molecule is Cc1cc(C)c2cc(CN(Cc3ccccc3)[C@H](c3nnnn3C(C)(C)C)C(C)C)c(=O)[nH]c2c1. The molecule has 2 aromatic carbocycles. The maximum absolute atomic E-state index is 13.2. The first-order valence-corrected chi connectivity index (χ1v) is 12.2. The second-order valence-electron chi connectivity index (χ2n) is 10.9. The molecule has 184 valence electrons. The molecule has 0 fully saturated rings. The number of pyridine rings is 1. The second-order valence-corrected chi connectivity index (χ2v) is 10.9. The van der Waals surface area contributed by atoms with Gasteiger partial charge in [0.05, 0.1) is 11.6 Å². The van der Waals surface area contributed by atoms with Gasteiger partial charge in [0, 0.05) is 29.6 Å². The summed E-state index contributed by atoms with van der Waals surface area (Å²) in [6.07, 6.45) is 0. The van der Waals surface area contributed by atoms with Crippen molar-refractivity contribution in [3.05, 3.63) is 87.0 Å².